The molecule has 0 amide bonds. The van der Waals surface area contributed by atoms with Gasteiger partial charge in [0.15, 0.2) is 0 Å². The molecule has 0 fully saturated rings. The van der Waals surface area contributed by atoms with Gasteiger partial charge in [0.1, 0.15) is 11.2 Å². The average molecular weight is 368 g/mol. The topological polar surface area (TPSA) is 38.9 Å². The van der Waals surface area contributed by atoms with Crippen LogP contribution < -0.4 is 0 Å². The van der Waals surface area contributed by atoms with Gasteiger partial charge in [-0.05, 0) is 39.7 Å². The Morgan fingerprint density at radius 2 is 1.86 bits per heavy atom. The van der Waals surface area contributed by atoms with Crippen molar-refractivity contribution in [1.29, 1.82) is 0 Å². The third-order valence-electron chi connectivity index (χ3n) is 2.91. The number of halogens is 3. The molecule has 0 aliphatic rings. The minimum Gasteiger partial charge on any atom is -0.419 e. The zero-order valence-corrected chi connectivity index (χ0v) is 13.0. The largest absolute Gasteiger partial charge is 0.419 e. The summed E-state index contributed by atoms with van der Waals surface area (Å²) < 4.78 is 19.6. The minimum absolute atomic E-state index is 0.220. The van der Waals surface area contributed by atoms with E-state index in [-0.39, 0.29) is 17.6 Å². The van der Waals surface area contributed by atoms with Crippen LogP contribution in [0.2, 0.25) is 0 Å². The van der Waals surface area contributed by atoms with E-state index in [1.165, 1.54) is 12.1 Å². The molecular weight excluding hydrogens is 359 g/mol. The normalized spacial score (nSPS) is 12.3. The fourth-order valence-corrected chi connectivity index (χ4v) is 2.52. The van der Waals surface area contributed by atoms with Gasteiger partial charge in [-0.15, -0.1) is 21.8 Å². The number of rotatable bonds is 3. The van der Waals surface area contributed by atoms with E-state index in [4.69, 9.17) is 16.0 Å². The van der Waals surface area contributed by atoms with E-state index < -0.39 is 5.38 Å². The van der Waals surface area contributed by atoms with Crippen molar-refractivity contribution in [3.8, 4) is 11.5 Å². The Bertz CT molecular complexity index is 763. The fraction of sp³-hybridized carbons (Fsp3) is 0.0667. The Hall–Kier alpha value is -1.72. The van der Waals surface area contributed by atoms with Gasteiger partial charge in [-0.25, -0.2) is 4.39 Å². The summed E-state index contributed by atoms with van der Waals surface area (Å²) in [5, 5.41) is 7.34. The summed E-state index contributed by atoms with van der Waals surface area (Å²) in [5.41, 5.74) is 1.35. The van der Waals surface area contributed by atoms with Gasteiger partial charge < -0.3 is 4.42 Å². The molecule has 1 aromatic heterocycles. The van der Waals surface area contributed by atoms with Gasteiger partial charge in [-0.2, -0.15) is 0 Å². The van der Waals surface area contributed by atoms with E-state index in [1.807, 2.05) is 30.3 Å². The van der Waals surface area contributed by atoms with Crippen molar-refractivity contribution in [2.75, 3.05) is 0 Å². The smallest absolute Gasteiger partial charge is 0.249 e. The monoisotopic (exact) mass is 366 g/mol. The molecule has 3 rings (SSSR count). The van der Waals surface area contributed by atoms with Crippen LogP contribution in [0.25, 0.3) is 11.5 Å². The zero-order valence-electron chi connectivity index (χ0n) is 10.6. The first kappa shape index (κ1) is 14.2. The van der Waals surface area contributed by atoms with Gasteiger partial charge in [-0.1, -0.05) is 30.3 Å². The first-order chi connectivity index (χ1) is 10.1. The molecule has 0 aliphatic carbocycles. The van der Waals surface area contributed by atoms with Crippen molar-refractivity contribution in [3.05, 3.63) is 70.3 Å². The van der Waals surface area contributed by atoms with Crippen LogP contribution in [0.15, 0.2) is 57.4 Å². The first-order valence-electron chi connectivity index (χ1n) is 6.13. The van der Waals surface area contributed by atoms with Gasteiger partial charge in [0.2, 0.25) is 11.8 Å². The van der Waals surface area contributed by atoms with Crippen molar-refractivity contribution in [2.24, 2.45) is 0 Å². The lowest BCUT2D eigenvalue weighted by molar-refractivity contribution is 0.512. The summed E-state index contributed by atoms with van der Waals surface area (Å²) in [7, 11) is 0. The second-order valence-electron chi connectivity index (χ2n) is 4.34. The van der Waals surface area contributed by atoms with Gasteiger partial charge in [0.25, 0.3) is 0 Å². The quantitative estimate of drug-likeness (QED) is 0.614. The van der Waals surface area contributed by atoms with Crippen LogP contribution in [0.5, 0.6) is 0 Å². The molecule has 0 bridgehead atoms. The maximum atomic E-state index is 13.3. The lowest BCUT2D eigenvalue weighted by atomic mass is 10.1. The molecule has 0 saturated carbocycles. The molecule has 3 aromatic rings. The summed E-state index contributed by atoms with van der Waals surface area (Å²) in [6, 6.07) is 13.7. The third-order valence-corrected chi connectivity index (χ3v) is 4.04. The fourth-order valence-electron chi connectivity index (χ4n) is 1.87. The van der Waals surface area contributed by atoms with E-state index >= 15 is 0 Å². The molecule has 0 radical (unpaired) electrons. The maximum absolute atomic E-state index is 13.3. The number of benzene rings is 2. The van der Waals surface area contributed by atoms with E-state index in [9.17, 15) is 4.39 Å². The summed E-state index contributed by atoms with van der Waals surface area (Å²) >= 11 is 9.65. The van der Waals surface area contributed by atoms with Gasteiger partial charge >= 0.3 is 0 Å². The lowest BCUT2D eigenvalue weighted by Gasteiger charge is -2.04. The molecular formula is C15H9BrClFN2O. The predicted molar refractivity (Wildman–Crippen MR) is 81.5 cm³/mol. The highest BCUT2D eigenvalue weighted by molar-refractivity contribution is 9.10. The Balaban J connectivity index is 1.95. The number of nitrogens with zero attached hydrogens (tertiary/aromatic N) is 2. The summed E-state index contributed by atoms with van der Waals surface area (Å²) in [6.07, 6.45) is 0. The molecule has 106 valence electrons. The van der Waals surface area contributed by atoms with Crippen LogP contribution in [0.4, 0.5) is 4.39 Å². The Kier molecular flexibility index (Phi) is 4.03. The number of hydrogen-bond donors (Lipinski definition) is 0. The highest BCUT2D eigenvalue weighted by atomic mass is 79.9. The van der Waals surface area contributed by atoms with Gasteiger partial charge in [0.05, 0.1) is 5.56 Å². The summed E-state index contributed by atoms with van der Waals surface area (Å²) in [5.74, 6) is 0.116. The zero-order chi connectivity index (χ0) is 14.8. The van der Waals surface area contributed by atoms with E-state index in [1.54, 1.807) is 6.07 Å². The number of alkyl halides is 1. The molecule has 6 heteroatoms. The van der Waals surface area contributed by atoms with Crippen LogP contribution in [0, 0.1) is 5.82 Å². The molecule has 0 saturated heterocycles. The summed E-state index contributed by atoms with van der Waals surface area (Å²) in [6.45, 7) is 0. The van der Waals surface area contributed by atoms with Crippen molar-refractivity contribution >= 4 is 27.5 Å². The molecule has 0 N–H and O–H groups in total. The Labute approximate surface area is 133 Å². The van der Waals surface area contributed by atoms with Crippen LogP contribution in [-0.2, 0) is 0 Å². The van der Waals surface area contributed by atoms with Crippen molar-refractivity contribution in [2.45, 2.75) is 5.38 Å². The molecule has 1 heterocycles. The SMILES string of the molecule is Fc1ccc(Br)c(-c2nnc(C(Cl)c3ccccc3)o2)c1. The Morgan fingerprint density at radius 1 is 1.10 bits per heavy atom. The van der Waals surface area contributed by atoms with Crippen molar-refractivity contribution in [3.63, 3.8) is 0 Å². The molecule has 1 atom stereocenters. The lowest BCUT2D eigenvalue weighted by Crippen LogP contribution is -1.92. The van der Waals surface area contributed by atoms with Crippen LogP contribution >= 0.6 is 27.5 Å². The maximum Gasteiger partial charge on any atom is 0.249 e. The molecule has 2 aromatic carbocycles. The second-order valence-corrected chi connectivity index (χ2v) is 5.63. The first-order valence-corrected chi connectivity index (χ1v) is 7.36. The third kappa shape index (κ3) is 2.99. The molecule has 0 aliphatic heterocycles. The van der Waals surface area contributed by atoms with E-state index in [2.05, 4.69) is 26.1 Å². The van der Waals surface area contributed by atoms with Crippen LogP contribution in [0.3, 0.4) is 0 Å². The molecule has 3 nitrogen and oxygen atoms in total. The van der Waals surface area contributed by atoms with Crippen LogP contribution in [-0.4, -0.2) is 10.2 Å². The number of aromatic nitrogens is 2. The molecule has 21 heavy (non-hydrogen) atoms. The van der Waals surface area contributed by atoms with Gasteiger partial charge in [-0.3, -0.25) is 0 Å². The molecule has 0 spiro atoms. The van der Waals surface area contributed by atoms with E-state index in [0.29, 0.717) is 10.0 Å². The highest BCUT2D eigenvalue weighted by Crippen LogP contribution is 2.32. The minimum atomic E-state index is -0.542. The van der Waals surface area contributed by atoms with Crippen LogP contribution in [0.1, 0.15) is 16.8 Å². The standard InChI is InChI=1S/C15H9BrClFN2O/c16-12-7-6-10(18)8-11(12)14-19-20-15(21-14)13(17)9-4-2-1-3-5-9/h1-8,13H. The summed E-state index contributed by atoms with van der Waals surface area (Å²) in [4.78, 5) is 0. The van der Waals surface area contributed by atoms with E-state index in [0.717, 1.165) is 5.56 Å². The average Bonchev–Trinajstić information content (AvgIpc) is 2.99. The highest BCUT2D eigenvalue weighted by Gasteiger charge is 2.19. The van der Waals surface area contributed by atoms with Crippen molar-refractivity contribution in [1.82, 2.24) is 10.2 Å². The Morgan fingerprint density at radius 3 is 2.62 bits per heavy atom. The molecule has 1 unspecified atom stereocenters. The predicted octanol–water partition coefficient (Wildman–Crippen LogP) is 4.97. The second kappa shape index (κ2) is 5.95. The van der Waals surface area contributed by atoms with Crippen molar-refractivity contribution < 1.29 is 8.81 Å². The number of hydrogen-bond acceptors (Lipinski definition) is 3. The van der Waals surface area contributed by atoms with Gasteiger partial charge in [0, 0.05) is 4.47 Å².